The van der Waals surface area contributed by atoms with Crippen molar-refractivity contribution in [2.75, 3.05) is 13.1 Å². The van der Waals surface area contributed by atoms with Crippen molar-refractivity contribution in [1.82, 2.24) is 9.80 Å². The number of likely N-dealkylation sites (tertiary alicyclic amines) is 1. The predicted molar refractivity (Wildman–Crippen MR) is 115 cm³/mol. The summed E-state index contributed by atoms with van der Waals surface area (Å²) >= 11 is 0. The van der Waals surface area contributed by atoms with Crippen LogP contribution in [0.3, 0.4) is 0 Å². The molecule has 2 amide bonds. The Balaban J connectivity index is 1.27. The van der Waals surface area contributed by atoms with Crippen LogP contribution in [0.2, 0.25) is 0 Å². The molecular formula is C25H36N2O2. The molecule has 0 aromatic heterocycles. The minimum Gasteiger partial charge on any atom is -0.343 e. The molecule has 0 unspecified atom stereocenters. The van der Waals surface area contributed by atoms with Gasteiger partial charge in [-0.05, 0) is 69.3 Å². The molecule has 3 fully saturated rings. The number of benzene rings is 1. The molecule has 0 spiro atoms. The summed E-state index contributed by atoms with van der Waals surface area (Å²) in [6, 6.07) is 11.2. The van der Waals surface area contributed by atoms with Crippen molar-refractivity contribution in [2.45, 2.75) is 83.2 Å². The van der Waals surface area contributed by atoms with Gasteiger partial charge < -0.3 is 9.80 Å². The van der Waals surface area contributed by atoms with Gasteiger partial charge in [0.05, 0.1) is 0 Å². The lowest BCUT2D eigenvalue weighted by Crippen LogP contribution is -2.49. The molecule has 1 aliphatic heterocycles. The van der Waals surface area contributed by atoms with E-state index in [2.05, 4.69) is 24.0 Å². The summed E-state index contributed by atoms with van der Waals surface area (Å²) in [6.07, 6.45) is 10.3. The average molecular weight is 397 g/mol. The van der Waals surface area contributed by atoms with E-state index in [1.54, 1.807) is 0 Å². The van der Waals surface area contributed by atoms with Gasteiger partial charge in [-0.25, -0.2) is 0 Å². The van der Waals surface area contributed by atoms with Crippen LogP contribution in [0.25, 0.3) is 0 Å². The van der Waals surface area contributed by atoms with E-state index in [9.17, 15) is 9.59 Å². The second kappa shape index (κ2) is 9.32. The van der Waals surface area contributed by atoms with Gasteiger partial charge >= 0.3 is 0 Å². The molecule has 0 atom stereocenters. The number of carbonyl (C=O) groups excluding carboxylic acids is 2. The topological polar surface area (TPSA) is 40.6 Å². The molecule has 4 nitrogen and oxygen atoms in total. The Bertz CT molecular complexity index is 684. The summed E-state index contributed by atoms with van der Waals surface area (Å²) in [5, 5.41) is 0. The molecule has 1 saturated heterocycles. The molecule has 4 heteroatoms. The van der Waals surface area contributed by atoms with E-state index >= 15 is 0 Å². The van der Waals surface area contributed by atoms with Crippen LogP contribution in [0.1, 0.15) is 70.3 Å². The SMILES string of the molecule is CC1CCC(N(C(=O)C2CCN(C(=O)CCc3ccccc3)CC2)C2CC2)CC1. The lowest BCUT2D eigenvalue weighted by Gasteiger charge is -2.40. The third kappa shape index (κ3) is 5.21. The Morgan fingerprint density at radius 2 is 1.48 bits per heavy atom. The summed E-state index contributed by atoms with van der Waals surface area (Å²) in [5.41, 5.74) is 1.22. The number of hydrogen-bond acceptors (Lipinski definition) is 2. The smallest absolute Gasteiger partial charge is 0.226 e. The van der Waals surface area contributed by atoms with Gasteiger partial charge in [0.1, 0.15) is 0 Å². The van der Waals surface area contributed by atoms with Crippen molar-refractivity contribution in [2.24, 2.45) is 11.8 Å². The fourth-order valence-corrected chi connectivity index (χ4v) is 5.17. The largest absolute Gasteiger partial charge is 0.343 e. The molecule has 0 radical (unpaired) electrons. The second-order valence-electron chi connectivity index (χ2n) is 9.53. The number of aryl methyl sites for hydroxylation is 1. The standard InChI is InChI=1S/C25H36N2O2/c1-19-7-10-22(11-8-19)27(23-12-13-23)25(29)21-15-17-26(18-16-21)24(28)14-9-20-5-3-2-4-6-20/h2-6,19,21-23H,7-18H2,1H3. The molecule has 1 aromatic carbocycles. The number of carbonyl (C=O) groups is 2. The van der Waals surface area contributed by atoms with E-state index in [0.29, 0.717) is 24.4 Å². The number of hydrogen-bond donors (Lipinski definition) is 0. The highest BCUT2D eigenvalue weighted by molar-refractivity contribution is 5.81. The normalized spacial score (nSPS) is 25.6. The first-order valence-corrected chi connectivity index (χ1v) is 11.8. The molecule has 2 aliphatic carbocycles. The van der Waals surface area contributed by atoms with Gasteiger partial charge in [0.2, 0.25) is 11.8 Å². The zero-order chi connectivity index (χ0) is 20.2. The molecular weight excluding hydrogens is 360 g/mol. The Morgan fingerprint density at radius 3 is 2.07 bits per heavy atom. The second-order valence-corrected chi connectivity index (χ2v) is 9.53. The third-order valence-corrected chi connectivity index (χ3v) is 7.24. The van der Waals surface area contributed by atoms with Crippen LogP contribution in [0, 0.1) is 11.8 Å². The van der Waals surface area contributed by atoms with Crippen molar-refractivity contribution in [3.63, 3.8) is 0 Å². The molecule has 4 rings (SSSR count). The summed E-state index contributed by atoms with van der Waals surface area (Å²) in [4.78, 5) is 30.3. The predicted octanol–water partition coefficient (Wildman–Crippen LogP) is 4.43. The van der Waals surface area contributed by atoms with Gasteiger partial charge in [0.25, 0.3) is 0 Å². The zero-order valence-electron chi connectivity index (χ0n) is 17.9. The third-order valence-electron chi connectivity index (χ3n) is 7.24. The Morgan fingerprint density at radius 1 is 0.897 bits per heavy atom. The summed E-state index contributed by atoms with van der Waals surface area (Å²) in [7, 11) is 0. The monoisotopic (exact) mass is 396 g/mol. The molecule has 1 heterocycles. The van der Waals surface area contributed by atoms with E-state index in [0.717, 1.165) is 38.3 Å². The van der Waals surface area contributed by atoms with Crippen molar-refractivity contribution < 1.29 is 9.59 Å². The van der Waals surface area contributed by atoms with Gasteiger partial charge in [0.15, 0.2) is 0 Å². The first-order valence-electron chi connectivity index (χ1n) is 11.8. The molecule has 158 valence electrons. The molecule has 2 saturated carbocycles. The maximum atomic E-state index is 13.4. The van der Waals surface area contributed by atoms with E-state index in [4.69, 9.17) is 0 Å². The highest BCUT2D eigenvalue weighted by Crippen LogP contribution is 2.37. The quantitative estimate of drug-likeness (QED) is 0.714. The van der Waals surface area contributed by atoms with Crippen LogP contribution in [0.15, 0.2) is 30.3 Å². The molecule has 0 bridgehead atoms. The fourth-order valence-electron chi connectivity index (χ4n) is 5.17. The van der Waals surface area contributed by atoms with Gasteiger partial charge in [-0.3, -0.25) is 9.59 Å². The lowest BCUT2D eigenvalue weighted by atomic mass is 9.85. The maximum Gasteiger partial charge on any atom is 0.226 e. The minimum atomic E-state index is 0.119. The van der Waals surface area contributed by atoms with E-state index in [1.807, 2.05) is 23.1 Å². The zero-order valence-corrected chi connectivity index (χ0v) is 17.9. The van der Waals surface area contributed by atoms with Crippen molar-refractivity contribution in [1.29, 1.82) is 0 Å². The number of rotatable bonds is 6. The summed E-state index contributed by atoms with van der Waals surface area (Å²) in [6.45, 7) is 3.82. The van der Waals surface area contributed by atoms with Crippen LogP contribution in [-0.4, -0.2) is 46.8 Å². The highest BCUT2D eigenvalue weighted by Gasteiger charge is 2.41. The van der Waals surface area contributed by atoms with Gasteiger partial charge in [-0.1, -0.05) is 37.3 Å². The summed E-state index contributed by atoms with van der Waals surface area (Å²) in [5.74, 6) is 1.56. The minimum absolute atomic E-state index is 0.119. The molecule has 29 heavy (non-hydrogen) atoms. The first kappa shape index (κ1) is 20.4. The van der Waals surface area contributed by atoms with Gasteiger partial charge in [-0.15, -0.1) is 0 Å². The van der Waals surface area contributed by atoms with Crippen LogP contribution >= 0.6 is 0 Å². The van der Waals surface area contributed by atoms with Crippen LogP contribution < -0.4 is 0 Å². The van der Waals surface area contributed by atoms with Crippen molar-refractivity contribution >= 4 is 11.8 Å². The number of amides is 2. The number of nitrogens with zero attached hydrogens (tertiary/aromatic N) is 2. The van der Waals surface area contributed by atoms with Gasteiger partial charge in [0, 0.05) is 37.5 Å². The van der Waals surface area contributed by atoms with Crippen LogP contribution in [-0.2, 0) is 16.0 Å². The van der Waals surface area contributed by atoms with Crippen molar-refractivity contribution in [3.05, 3.63) is 35.9 Å². The maximum absolute atomic E-state index is 13.4. The van der Waals surface area contributed by atoms with Crippen LogP contribution in [0.4, 0.5) is 0 Å². The van der Waals surface area contributed by atoms with E-state index < -0.39 is 0 Å². The Hall–Kier alpha value is -1.84. The molecule has 0 N–H and O–H groups in total. The molecule has 1 aromatic rings. The average Bonchev–Trinajstić information content (AvgIpc) is 3.59. The van der Waals surface area contributed by atoms with Crippen molar-refractivity contribution in [3.8, 4) is 0 Å². The Labute approximate surface area is 175 Å². The lowest BCUT2D eigenvalue weighted by molar-refractivity contribution is -0.143. The molecule has 3 aliphatic rings. The van der Waals surface area contributed by atoms with E-state index in [1.165, 1.54) is 44.1 Å². The van der Waals surface area contributed by atoms with Crippen LogP contribution in [0.5, 0.6) is 0 Å². The summed E-state index contributed by atoms with van der Waals surface area (Å²) < 4.78 is 0. The highest BCUT2D eigenvalue weighted by atomic mass is 16.2. The first-order chi connectivity index (χ1) is 14.1. The van der Waals surface area contributed by atoms with Gasteiger partial charge in [-0.2, -0.15) is 0 Å². The Kier molecular flexibility index (Phi) is 6.56. The fraction of sp³-hybridized carbons (Fsp3) is 0.680. The van der Waals surface area contributed by atoms with E-state index in [-0.39, 0.29) is 11.8 Å². The number of piperidine rings is 1.